The van der Waals surface area contributed by atoms with Gasteiger partial charge in [0.05, 0.1) is 12.3 Å². The van der Waals surface area contributed by atoms with E-state index in [0.29, 0.717) is 24.1 Å². The third kappa shape index (κ3) is 6.48. The second-order valence-corrected chi connectivity index (χ2v) is 9.92. The normalized spacial score (nSPS) is 11.3. The molecule has 0 aliphatic carbocycles. The Bertz CT molecular complexity index is 1240. The lowest BCUT2D eigenvalue weighted by Crippen LogP contribution is -2.29. The molecule has 1 N–H and O–H groups in total. The lowest BCUT2D eigenvalue weighted by atomic mass is 9.87. The summed E-state index contributed by atoms with van der Waals surface area (Å²) in [5.74, 6) is 1.60. The number of hydrogen-bond acceptors (Lipinski definition) is 6. The first-order valence-corrected chi connectivity index (χ1v) is 12.4. The number of amides is 1. The Hall–Kier alpha value is -3.65. The molecule has 0 saturated heterocycles. The van der Waals surface area contributed by atoms with E-state index in [4.69, 9.17) is 4.74 Å². The van der Waals surface area contributed by atoms with E-state index in [2.05, 4.69) is 53.4 Å². The number of thioether (sulfide) groups is 1. The van der Waals surface area contributed by atoms with Crippen molar-refractivity contribution in [3.05, 3.63) is 84.7 Å². The molecule has 0 fully saturated rings. The lowest BCUT2D eigenvalue weighted by molar-refractivity contribution is -0.118. The van der Waals surface area contributed by atoms with Gasteiger partial charge < -0.3 is 10.1 Å². The molecule has 0 bridgehead atoms. The molecule has 0 saturated carbocycles. The number of nitrogens with one attached hydrogen (secondary N) is 1. The number of carbonyl (C=O) groups excluding carboxylic acids is 1. The number of pyridine rings is 1. The highest BCUT2D eigenvalue weighted by Crippen LogP contribution is 2.27. The number of carbonyl (C=O) groups is 1. The van der Waals surface area contributed by atoms with E-state index in [1.54, 1.807) is 12.4 Å². The Kier molecular flexibility index (Phi) is 7.82. The molecule has 180 valence electrons. The predicted octanol–water partition coefficient (Wildman–Crippen LogP) is 4.91. The van der Waals surface area contributed by atoms with Crippen LogP contribution in [0.2, 0.25) is 0 Å². The minimum Gasteiger partial charge on any atom is -0.492 e. The first kappa shape index (κ1) is 24.5. The molecule has 1 amide bonds. The van der Waals surface area contributed by atoms with Crippen molar-refractivity contribution in [3.63, 3.8) is 0 Å². The smallest absolute Gasteiger partial charge is 0.230 e. The Morgan fingerprint density at radius 1 is 1.00 bits per heavy atom. The van der Waals surface area contributed by atoms with Gasteiger partial charge in [0.1, 0.15) is 12.4 Å². The summed E-state index contributed by atoms with van der Waals surface area (Å²) in [6, 6.07) is 21.7. The zero-order chi connectivity index (χ0) is 24.7. The first-order valence-electron chi connectivity index (χ1n) is 11.5. The predicted molar refractivity (Wildman–Crippen MR) is 139 cm³/mol. The van der Waals surface area contributed by atoms with Gasteiger partial charge in [0.15, 0.2) is 11.0 Å². The molecule has 0 spiro atoms. The number of rotatable bonds is 9. The van der Waals surface area contributed by atoms with E-state index < -0.39 is 0 Å². The molecular formula is C27H29N5O2S. The Labute approximate surface area is 210 Å². The van der Waals surface area contributed by atoms with Crippen molar-refractivity contribution in [1.82, 2.24) is 25.1 Å². The van der Waals surface area contributed by atoms with Crippen molar-refractivity contribution in [1.29, 1.82) is 0 Å². The molecule has 35 heavy (non-hydrogen) atoms. The van der Waals surface area contributed by atoms with Gasteiger partial charge in [-0.1, -0.05) is 62.9 Å². The SMILES string of the molecule is CC(C)(C)c1ccc(OCCNC(=O)CSc2nnc(-c3cccnc3)n2-c2ccccc2)cc1. The average Bonchev–Trinajstić information content (AvgIpc) is 3.30. The number of nitrogens with zero attached hydrogens (tertiary/aromatic N) is 4. The summed E-state index contributed by atoms with van der Waals surface area (Å²) in [4.78, 5) is 16.6. The van der Waals surface area contributed by atoms with Crippen molar-refractivity contribution < 1.29 is 9.53 Å². The average molecular weight is 488 g/mol. The number of para-hydroxylation sites is 1. The quantitative estimate of drug-likeness (QED) is 0.267. The molecule has 2 aromatic carbocycles. The van der Waals surface area contributed by atoms with Crippen LogP contribution in [0.3, 0.4) is 0 Å². The second kappa shape index (κ2) is 11.2. The van der Waals surface area contributed by atoms with E-state index in [1.165, 1.54) is 17.3 Å². The number of ether oxygens (including phenoxy) is 1. The number of benzene rings is 2. The van der Waals surface area contributed by atoms with Gasteiger partial charge in [-0.15, -0.1) is 10.2 Å². The number of hydrogen-bond donors (Lipinski definition) is 1. The third-order valence-electron chi connectivity index (χ3n) is 5.31. The van der Waals surface area contributed by atoms with Crippen LogP contribution in [0.15, 0.2) is 84.3 Å². The molecule has 0 atom stereocenters. The van der Waals surface area contributed by atoms with Crippen LogP contribution in [0, 0.1) is 0 Å². The fourth-order valence-corrected chi connectivity index (χ4v) is 4.23. The lowest BCUT2D eigenvalue weighted by Gasteiger charge is -2.19. The summed E-state index contributed by atoms with van der Waals surface area (Å²) < 4.78 is 7.71. The Morgan fingerprint density at radius 3 is 2.46 bits per heavy atom. The Morgan fingerprint density at radius 2 is 1.77 bits per heavy atom. The largest absolute Gasteiger partial charge is 0.492 e. The zero-order valence-electron chi connectivity index (χ0n) is 20.1. The molecule has 0 aliphatic rings. The summed E-state index contributed by atoms with van der Waals surface area (Å²) >= 11 is 1.34. The van der Waals surface area contributed by atoms with E-state index >= 15 is 0 Å². The van der Waals surface area contributed by atoms with Crippen molar-refractivity contribution in [2.45, 2.75) is 31.3 Å². The minimum atomic E-state index is -0.0905. The van der Waals surface area contributed by atoms with Gasteiger partial charge in [0.25, 0.3) is 0 Å². The second-order valence-electron chi connectivity index (χ2n) is 8.98. The van der Waals surface area contributed by atoms with Crippen LogP contribution in [-0.4, -0.2) is 44.6 Å². The third-order valence-corrected chi connectivity index (χ3v) is 6.24. The summed E-state index contributed by atoms with van der Waals surface area (Å²) in [6.07, 6.45) is 3.47. The van der Waals surface area contributed by atoms with Crippen LogP contribution < -0.4 is 10.1 Å². The van der Waals surface area contributed by atoms with Gasteiger partial charge in [0, 0.05) is 23.6 Å². The van der Waals surface area contributed by atoms with E-state index in [1.807, 2.05) is 59.2 Å². The fraction of sp³-hybridized carbons (Fsp3) is 0.259. The summed E-state index contributed by atoms with van der Waals surface area (Å²) in [7, 11) is 0. The van der Waals surface area contributed by atoms with Crippen molar-refractivity contribution >= 4 is 17.7 Å². The summed E-state index contributed by atoms with van der Waals surface area (Å²) in [5, 5.41) is 12.3. The van der Waals surface area contributed by atoms with Gasteiger partial charge >= 0.3 is 0 Å². The van der Waals surface area contributed by atoms with Gasteiger partial charge in [-0.3, -0.25) is 14.3 Å². The molecule has 4 rings (SSSR count). The van der Waals surface area contributed by atoms with Crippen LogP contribution in [0.1, 0.15) is 26.3 Å². The molecule has 4 aromatic rings. The van der Waals surface area contributed by atoms with E-state index in [0.717, 1.165) is 17.0 Å². The van der Waals surface area contributed by atoms with Gasteiger partial charge in [-0.05, 0) is 47.4 Å². The highest BCUT2D eigenvalue weighted by molar-refractivity contribution is 7.99. The minimum absolute atomic E-state index is 0.0905. The van der Waals surface area contributed by atoms with Crippen LogP contribution in [0.25, 0.3) is 17.1 Å². The maximum Gasteiger partial charge on any atom is 0.230 e. The molecule has 7 nitrogen and oxygen atoms in total. The van der Waals surface area contributed by atoms with Gasteiger partial charge in [-0.2, -0.15) is 0 Å². The van der Waals surface area contributed by atoms with Crippen molar-refractivity contribution in [2.24, 2.45) is 0 Å². The van der Waals surface area contributed by atoms with Crippen molar-refractivity contribution in [2.75, 3.05) is 18.9 Å². The monoisotopic (exact) mass is 487 g/mol. The molecule has 0 unspecified atom stereocenters. The molecular weight excluding hydrogens is 458 g/mol. The highest BCUT2D eigenvalue weighted by atomic mass is 32.2. The summed E-state index contributed by atoms with van der Waals surface area (Å²) in [6.45, 7) is 7.36. The van der Waals surface area contributed by atoms with Crippen LogP contribution in [-0.2, 0) is 10.2 Å². The molecule has 2 aromatic heterocycles. The van der Waals surface area contributed by atoms with Crippen LogP contribution in [0.5, 0.6) is 5.75 Å². The van der Waals surface area contributed by atoms with Gasteiger partial charge in [0.2, 0.25) is 5.91 Å². The number of aromatic nitrogens is 4. The molecule has 0 radical (unpaired) electrons. The maximum atomic E-state index is 12.5. The molecule has 8 heteroatoms. The topological polar surface area (TPSA) is 81.9 Å². The fourth-order valence-electron chi connectivity index (χ4n) is 3.45. The van der Waals surface area contributed by atoms with Crippen LogP contribution in [0.4, 0.5) is 0 Å². The summed E-state index contributed by atoms with van der Waals surface area (Å²) in [5.41, 5.74) is 3.14. The molecule has 0 aliphatic heterocycles. The van der Waals surface area contributed by atoms with E-state index in [9.17, 15) is 4.79 Å². The Balaban J connectivity index is 1.32. The zero-order valence-corrected chi connectivity index (χ0v) is 21.0. The van der Waals surface area contributed by atoms with Crippen LogP contribution >= 0.6 is 11.8 Å². The molecule has 2 heterocycles. The van der Waals surface area contributed by atoms with Gasteiger partial charge in [-0.25, -0.2) is 0 Å². The maximum absolute atomic E-state index is 12.5. The highest BCUT2D eigenvalue weighted by Gasteiger charge is 2.17. The van der Waals surface area contributed by atoms with Crippen molar-refractivity contribution in [3.8, 4) is 22.8 Å². The first-order chi connectivity index (χ1) is 16.9. The standard InChI is InChI=1S/C27H29N5O2S/c1-27(2,3)21-11-13-23(14-12-21)34-17-16-29-24(33)19-35-26-31-30-25(20-8-7-15-28-18-20)32(26)22-9-5-4-6-10-22/h4-15,18H,16-17,19H2,1-3H3,(H,29,33). The van der Waals surface area contributed by atoms with E-state index in [-0.39, 0.29) is 17.1 Å².